The summed E-state index contributed by atoms with van der Waals surface area (Å²) in [7, 11) is 2.91. The molecule has 0 radical (unpaired) electrons. The van der Waals surface area contributed by atoms with Crippen LogP contribution in [0.2, 0.25) is 0 Å². The lowest BCUT2D eigenvalue weighted by atomic mass is 10.2. The number of fused-ring (bicyclic) bond motifs is 1. The second-order valence-corrected chi connectivity index (χ2v) is 6.43. The van der Waals surface area contributed by atoms with Crippen LogP contribution >= 0.6 is 31.9 Å². The van der Waals surface area contributed by atoms with Gasteiger partial charge in [0.25, 0.3) is 5.88 Å². The van der Waals surface area contributed by atoms with Gasteiger partial charge in [-0.15, -0.1) is 0 Å². The van der Waals surface area contributed by atoms with E-state index in [-0.39, 0.29) is 22.8 Å². The van der Waals surface area contributed by atoms with Crippen LogP contribution in [0.4, 0.5) is 0 Å². The fourth-order valence-corrected chi connectivity index (χ4v) is 3.76. The molecule has 124 valence electrons. The molecule has 2 heterocycles. The van der Waals surface area contributed by atoms with Crippen LogP contribution in [-0.2, 0) is 0 Å². The smallest absolute Gasteiger partial charge is 0.257 e. The van der Waals surface area contributed by atoms with Crippen molar-refractivity contribution in [2.24, 2.45) is 0 Å². The summed E-state index contributed by atoms with van der Waals surface area (Å²) in [6.07, 6.45) is 0. The molecular formula is C16H11Br2NO5. The zero-order valence-corrected chi connectivity index (χ0v) is 15.8. The fourth-order valence-electron chi connectivity index (χ4n) is 2.24. The molecular weight excluding hydrogens is 446 g/mol. The molecule has 3 rings (SSSR count). The van der Waals surface area contributed by atoms with Crippen LogP contribution in [0.15, 0.2) is 42.4 Å². The van der Waals surface area contributed by atoms with Gasteiger partial charge < -0.3 is 19.0 Å². The van der Waals surface area contributed by atoms with Crippen molar-refractivity contribution in [1.82, 2.24) is 4.98 Å². The van der Waals surface area contributed by atoms with Crippen molar-refractivity contribution in [2.75, 3.05) is 14.2 Å². The third kappa shape index (κ3) is 2.76. The molecule has 1 N–H and O–H groups in total. The summed E-state index contributed by atoms with van der Waals surface area (Å²) < 4.78 is 17.3. The van der Waals surface area contributed by atoms with Gasteiger partial charge >= 0.3 is 0 Å². The van der Waals surface area contributed by atoms with Crippen LogP contribution in [0, 0.1) is 0 Å². The summed E-state index contributed by atoms with van der Waals surface area (Å²) in [6, 6.07) is 5.93. The van der Waals surface area contributed by atoms with E-state index in [1.54, 1.807) is 6.07 Å². The molecule has 8 heteroatoms. The molecule has 0 saturated carbocycles. The molecule has 0 bridgehead atoms. The van der Waals surface area contributed by atoms with E-state index in [1.165, 1.54) is 32.4 Å². The molecule has 0 spiro atoms. The molecule has 3 aromatic rings. The van der Waals surface area contributed by atoms with Crippen LogP contribution in [0.5, 0.6) is 17.4 Å². The average molecular weight is 457 g/mol. The summed E-state index contributed by atoms with van der Waals surface area (Å²) >= 11 is 6.76. The van der Waals surface area contributed by atoms with Gasteiger partial charge in [0, 0.05) is 6.07 Å². The van der Waals surface area contributed by atoms with E-state index in [2.05, 4.69) is 36.8 Å². The molecule has 0 amide bonds. The lowest BCUT2D eigenvalue weighted by Gasteiger charge is -2.10. The zero-order valence-electron chi connectivity index (χ0n) is 12.6. The molecule has 0 atom stereocenters. The minimum atomic E-state index is -0.232. The molecule has 24 heavy (non-hydrogen) atoms. The highest BCUT2D eigenvalue weighted by molar-refractivity contribution is 9.11. The van der Waals surface area contributed by atoms with Gasteiger partial charge in [0.05, 0.1) is 24.1 Å². The Morgan fingerprint density at radius 2 is 1.92 bits per heavy atom. The summed E-state index contributed by atoms with van der Waals surface area (Å²) in [5.74, 6) is 0.703. The first-order valence-corrected chi connectivity index (χ1v) is 8.29. The van der Waals surface area contributed by atoms with Gasteiger partial charge in [-0.2, -0.15) is 0 Å². The van der Waals surface area contributed by atoms with Crippen LogP contribution in [0.3, 0.4) is 0 Å². The minimum Gasteiger partial charge on any atom is -0.503 e. The Labute approximate surface area is 153 Å². The molecule has 0 fully saturated rings. The summed E-state index contributed by atoms with van der Waals surface area (Å²) in [5.41, 5.74) is 0.466. The van der Waals surface area contributed by atoms with Gasteiger partial charge in [0.1, 0.15) is 10.2 Å². The van der Waals surface area contributed by atoms with Gasteiger partial charge in [-0.1, -0.05) is 0 Å². The summed E-state index contributed by atoms with van der Waals surface area (Å²) in [4.78, 5) is 16.6. The van der Waals surface area contributed by atoms with Crippen molar-refractivity contribution < 1.29 is 19.0 Å². The Kier molecular flexibility index (Phi) is 4.51. The molecule has 0 aliphatic carbocycles. The third-order valence-electron chi connectivity index (χ3n) is 3.36. The molecule has 1 aromatic carbocycles. The molecule has 0 unspecified atom stereocenters. The number of methoxy groups -OCH3 is 2. The fraction of sp³-hybridized carbons (Fsp3) is 0.125. The molecule has 0 saturated heterocycles. The van der Waals surface area contributed by atoms with E-state index in [0.717, 1.165) is 0 Å². The molecule has 0 aliphatic heterocycles. The van der Waals surface area contributed by atoms with Crippen molar-refractivity contribution in [1.29, 1.82) is 0 Å². The standard InChI is InChI=1S/C16H11Br2NO5/c1-22-15-8(17)5-7-11(21)6-12(24-14(7)13(15)18)9-3-4-10(20)16(19-9)23-2/h3-6,20H,1-2H3. The number of ether oxygens (including phenoxy) is 2. The number of aromatic nitrogens is 1. The number of rotatable bonds is 3. The SMILES string of the molecule is COc1nc(-c2cc(=O)c3cc(Br)c(OC)c(Br)c3o2)ccc1O. The van der Waals surface area contributed by atoms with E-state index < -0.39 is 0 Å². The highest BCUT2D eigenvalue weighted by atomic mass is 79.9. The number of hydrogen-bond donors (Lipinski definition) is 1. The monoisotopic (exact) mass is 455 g/mol. The van der Waals surface area contributed by atoms with E-state index in [9.17, 15) is 9.90 Å². The number of nitrogens with zero attached hydrogens (tertiary/aromatic N) is 1. The van der Waals surface area contributed by atoms with Crippen molar-refractivity contribution in [2.45, 2.75) is 0 Å². The Morgan fingerprint density at radius 3 is 2.58 bits per heavy atom. The first-order chi connectivity index (χ1) is 11.5. The van der Waals surface area contributed by atoms with Crippen LogP contribution in [0.1, 0.15) is 0 Å². The predicted octanol–water partition coefficient (Wildman–Crippen LogP) is 4.10. The zero-order chi connectivity index (χ0) is 17.4. The van der Waals surface area contributed by atoms with Crippen molar-refractivity contribution in [3.05, 3.63) is 43.4 Å². The number of halogens is 2. The Morgan fingerprint density at radius 1 is 1.17 bits per heavy atom. The lowest BCUT2D eigenvalue weighted by molar-refractivity contribution is 0.359. The van der Waals surface area contributed by atoms with Gasteiger partial charge in [-0.25, -0.2) is 4.98 Å². The summed E-state index contributed by atoms with van der Waals surface area (Å²) in [6.45, 7) is 0. The predicted molar refractivity (Wildman–Crippen MR) is 95.9 cm³/mol. The van der Waals surface area contributed by atoms with Crippen molar-refractivity contribution in [3.63, 3.8) is 0 Å². The maximum absolute atomic E-state index is 12.4. The Bertz CT molecular complexity index is 1000. The van der Waals surface area contributed by atoms with E-state index in [4.69, 9.17) is 13.9 Å². The number of aromatic hydroxyl groups is 1. The Hall–Kier alpha value is -2.06. The Balaban J connectivity index is 2.30. The lowest BCUT2D eigenvalue weighted by Crippen LogP contribution is -2.02. The normalized spacial score (nSPS) is 10.8. The van der Waals surface area contributed by atoms with Gasteiger partial charge in [-0.05, 0) is 50.1 Å². The number of benzene rings is 1. The first kappa shape index (κ1) is 16.8. The quantitative estimate of drug-likeness (QED) is 0.638. The van der Waals surface area contributed by atoms with Gasteiger partial charge in [0.15, 0.2) is 28.3 Å². The number of hydrogen-bond acceptors (Lipinski definition) is 6. The average Bonchev–Trinajstić information content (AvgIpc) is 2.56. The van der Waals surface area contributed by atoms with Crippen molar-refractivity contribution >= 4 is 42.8 Å². The maximum atomic E-state index is 12.4. The van der Waals surface area contributed by atoms with E-state index >= 15 is 0 Å². The molecule has 2 aromatic heterocycles. The first-order valence-electron chi connectivity index (χ1n) is 6.70. The van der Waals surface area contributed by atoms with E-state index in [1.807, 2.05) is 0 Å². The highest BCUT2D eigenvalue weighted by Gasteiger charge is 2.17. The second kappa shape index (κ2) is 6.45. The maximum Gasteiger partial charge on any atom is 0.257 e. The van der Waals surface area contributed by atoms with E-state index in [0.29, 0.717) is 31.4 Å². The van der Waals surface area contributed by atoms with Crippen LogP contribution < -0.4 is 14.9 Å². The summed E-state index contributed by atoms with van der Waals surface area (Å²) in [5, 5.41) is 10.0. The van der Waals surface area contributed by atoms with Crippen LogP contribution in [0.25, 0.3) is 22.4 Å². The van der Waals surface area contributed by atoms with Crippen molar-refractivity contribution in [3.8, 4) is 28.8 Å². The highest BCUT2D eigenvalue weighted by Crippen LogP contribution is 2.39. The minimum absolute atomic E-state index is 0.0442. The third-order valence-corrected chi connectivity index (χ3v) is 4.67. The van der Waals surface area contributed by atoms with Gasteiger partial charge in [-0.3, -0.25) is 4.79 Å². The largest absolute Gasteiger partial charge is 0.503 e. The number of pyridine rings is 1. The topological polar surface area (TPSA) is 81.8 Å². The molecule has 6 nitrogen and oxygen atoms in total. The second-order valence-electron chi connectivity index (χ2n) is 4.78. The van der Waals surface area contributed by atoms with Crippen LogP contribution in [-0.4, -0.2) is 24.3 Å². The van der Waals surface area contributed by atoms with Gasteiger partial charge in [0.2, 0.25) is 0 Å². The molecule has 0 aliphatic rings.